The number of anilines is 2. The van der Waals surface area contributed by atoms with Gasteiger partial charge in [0.2, 0.25) is 15.9 Å². The fourth-order valence-electron chi connectivity index (χ4n) is 5.58. The average Bonchev–Trinajstić information content (AvgIpc) is 3.44. The second kappa shape index (κ2) is 14.0. The number of nitrogens with zero attached hydrogens (tertiary/aromatic N) is 4. The highest BCUT2D eigenvalue weighted by Gasteiger charge is 2.36. The van der Waals surface area contributed by atoms with Gasteiger partial charge in [-0.15, -0.1) is 0 Å². The summed E-state index contributed by atoms with van der Waals surface area (Å²) < 4.78 is 59.3. The Morgan fingerprint density at radius 1 is 1.04 bits per heavy atom. The first-order valence-corrected chi connectivity index (χ1v) is 16.7. The summed E-state index contributed by atoms with van der Waals surface area (Å²) in [4.78, 5) is 32.1. The van der Waals surface area contributed by atoms with Gasteiger partial charge in [0, 0.05) is 74.6 Å². The van der Waals surface area contributed by atoms with Crippen molar-refractivity contribution in [2.45, 2.75) is 29.7 Å². The van der Waals surface area contributed by atoms with E-state index in [4.69, 9.17) is 17.3 Å². The molecule has 0 saturated carbocycles. The van der Waals surface area contributed by atoms with Crippen LogP contribution in [0.1, 0.15) is 34.3 Å². The lowest BCUT2D eigenvalue weighted by molar-refractivity contribution is -0.117. The van der Waals surface area contributed by atoms with Crippen LogP contribution in [-0.2, 0) is 20.7 Å². The maximum absolute atomic E-state index is 15.5. The minimum atomic E-state index is -3.85. The summed E-state index contributed by atoms with van der Waals surface area (Å²) >= 11 is 6.17. The van der Waals surface area contributed by atoms with Crippen molar-refractivity contribution in [3.63, 3.8) is 0 Å². The third-order valence-corrected chi connectivity index (χ3v) is 10.3. The Morgan fingerprint density at radius 3 is 2.35 bits per heavy atom. The molecule has 246 valence electrons. The van der Waals surface area contributed by atoms with Crippen molar-refractivity contribution in [1.29, 1.82) is 0 Å². The molecule has 46 heavy (non-hydrogen) atoms. The van der Waals surface area contributed by atoms with Crippen molar-refractivity contribution < 1.29 is 26.8 Å². The van der Waals surface area contributed by atoms with Crippen molar-refractivity contribution in [1.82, 2.24) is 19.9 Å². The summed E-state index contributed by atoms with van der Waals surface area (Å²) in [6.45, 7) is 2.40. The van der Waals surface area contributed by atoms with Gasteiger partial charge in [-0.2, -0.15) is 13.1 Å². The Balaban J connectivity index is 1.24. The van der Waals surface area contributed by atoms with Gasteiger partial charge in [-0.25, -0.2) is 13.4 Å². The van der Waals surface area contributed by atoms with Crippen molar-refractivity contribution in [3.8, 4) is 0 Å². The predicted molar refractivity (Wildman–Crippen MR) is 172 cm³/mol. The average molecular weight is 676 g/mol. The van der Waals surface area contributed by atoms with Crippen LogP contribution in [0.25, 0.3) is 0 Å². The molecule has 4 N–H and O–H groups in total. The van der Waals surface area contributed by atoms with E-state index in [1.807, 2.05) is 0 Å². The third kappa shape index (κ3) is 7.15. The van der Waals surface area contributed by atoms with Crippen LogP contribution < -0.4 is 26.2 Å². The minimum Gasteiger partial charge on any atom is -0.355 e. The fourth-order valence-corrected chi connectivity index (χ4v) is 7.20. The molecule has 3 heterocycles. The lowest BCUT2D eigenvalue weighted by Crippen LogP contribution is -2.49. The van der Waals surface area contributed by atoms with Crippen molar-refractivity contribution >= 4 is 44.9 Å². The molecule has 5 rings (SSSR count). The number of amides is 2. The molecular formula is C31H36ClF2N7O4S. The van der Waals surface area contributed by atoms with Gasteiger partial charge in [0.1, 0.15) is 11.0 Å². The number of alkyl halides is 2. The molecule has 2 aromatic carbocycles. The molecule has 2 aliphatic rings. The number of halogens is 3. The van der Waals surface area contributed by atoms with E-state index in [0.717, 1.165) is 19.0 Å². The molecule has 0 radical (unpaired) electrons. The highest BCUT2D eigenvalue weighted by atomic mass is 35.5. The predicted octanol–water partition coefficient (Wildman–Crippen LogP) is 2.79. The van der Waals surface area contributed by atoms with Crippen LogP contribution in [0.15, 0.2) is 65.6 Å². The highest BCUT2D eigenvalue weighted by Crippen LogP contribution is 2.38. The van der Waals surface area contributed by atoms with Crippen molar-refractivity contribution in [3.05, 3.63) is 82.5 Å². The zero-order chi connectivity index (χ0) is 33.1. The van der Waals surface area contributed by atoms with Gasteiger partial charge in [0.15, 0.2) is 0 Å². The van der Waals surface area contributed by atoms with Crippen LogP contribution >= 0.6 is 11.6 Å². The van der Waals surface area contributed by atoms with E-state index in [9.17, 15) is 18.0 Å². The van der Waals surface area contributed by atoms with Gasteiger partial charge in [0.25, 0.3) is 11.8 Å². The van der Waals surface area contributed by atoms with Gasteiger partial charge in [-0.1, -0.05) is 23.7 Å². The molecule has 0 bridgehead atoms. The number of benzene rings is 2. The molecule has 2 aliphatic heterocycles. The highest BCUT2D eigenvalue weighted by molar-refractivity contribution is 7.89. The van der Waals surface area contributed by atoms with Crippen molar-refractivity contribution in [2.24, 2.45) is 5.73 Å². The summed E-state index contributed by atoms with van der Waals surface area (Å²) in [6.07, 6.45) is 1.18. The Labute approximate surface area is 271 Å². The third-order valence-electron chi connectivity index (χ3n) is 8.17. The SMILES string of the molecule is CNC(=O)c1ccc(C(F)(F)c2cc(Cl)nc(N3CCN(S(=O)(=O)c4ccc(N5CC(NCCCN)CC5=O)cc4)CC3)c2)cc1. The number of aromatic nitrogens is 1. The van der Waals surface area contributed by atoms with Crippen LogP contribution in [0.3, 0.4) is 0 Å². The minimum absolute atomic E-state index is 0.0110. The quantitative estimate of drug-likeness (QED) is 0.208. The van der Waals surface area contributed by atoms with E-state index < -0.39 is 15.9 Å². The van der Waals surface area contributed by atoms with Crippen molar-refractivity contribution in [2.75, 3.05) is 62.7 Å². The maximum atomic E-state index is 15.5. The van der Waals surface area contributed by atoms with E-state index >= 15 is 8.78 Å². The number of piperazine rings is 1. The molecule has 0 aliphatic carbocycles. The lowest BCUT2D eigenvalue weighted by Gasteiger charge is -2.35. The standard InChI is InChI=1S/C31H36ClF2N7O4S/c1-36-30(43)21-3-5-22(6-4-21)31(33,34)23-17-27(32)38-28(18-23)39-13-15-40(16-14-39)46(44,45)26-9-7-25(8-10-26)41-20-24(19-29(41)42)37-12-2-11-35/h3-10,17-18,24,37H,2,11-16,19-20,35H2,1H3,(H,36,43). The molecule has 2 amide bonds. The number of hydrogen-bond acceptors (Lipinski definition) is 8. The van der Waals surface area contributed by atoms with Gasteiger partial charge in [-0.05, 0) is 68.0 Å². The first kappa shape index (κ1) is 33.7. The maximum Gasteiger partial charge on any atom is 0.298 e. The summed E-state index contributed by atoms with van der Waals surface area (Å²) in [6, 6.07) is 13.6. The molecule has 15 heteroatoms. The Hall–Kier alpha value is -3.69. The number of nitrogens with one attached hydrogen (secondary N) is 2. The zero-order valence-corrected chi connectivity index (χ0v) is 26.8. The summed E-state index contributed by atoms with van der Waals surface area (Å²) in [5.41, 5.74) is 5.72. The Kier molecular flexibility index (Phi) is 10.2. The number of hydrogen-bond donors (Lipinski definition) is 3. The van der Waals surface area contributed by atoms with Gasteiger partial charge < -0.3 is 26.2 Å². The Bertz CT molecular complexity index is 1670. The number of sulfonamides is 1. The molecule has 11 nitrogen and oxygen atoms in total. The largest absolute Gasteiger partial charge is 0.355 e. The van der Waals surface area contributed by atoms with E-state index in [0.29, 0.717) is 25.2 Å². The van der Waals surface area contributed by atoms with Crippen LogP contribution in [-0.4, -0.2) is 88.4 Å². The molecule has 1 aromatic heterocycles. The summed E-state index contributed by atoms with van der Waals surface area (Å²) in [5, 5.41) is 5.65. The van der Waals surface area contributed by atoms with E-state index in [1.165, 1.54) is 53.8 Å². The molecule has 0 spiro atoms. The van der Waals surface area contributed by atoms with Crippen LogP contribution in [0, 0.1) is 0 Å². The lowest BCUT2D eigenvalue weighted by atomic mass is 9.99. The number of carbonyl (C=O) groups excluding carboxylic acids is 2. The van der Waals surface area contributed by atoms with Crippen LogP contribution in [0.4, 0.5) is 20.3 Å². The van der Waals surface area contributed by atoms with Gasteiger partial charge in [-0.3, -0.25) is 9.59 Å². The zero-order valence-electron chi connectivity index (χ0n) is 25.3. The second-order valence-electron chi connectivity index (χ2n) is 11.2. The molecule has 1 unspecified atom stereocenters. The fraction of sp³-hybridized carbons (Fsp3) is 0.387. The Morgan fingerprint density at radius 2 is 1.72 bits per heavy atom. The first-order valence-electron chi connectivity index (χ1n) is 14.9. The molecule has 2 saturated heterocycles. The smallest absolute Gasteiger partial charge is 0.298 e. The van der Waals surface area contributed by atoms with E-state index in [-0.39, 0.29) is 76.6 Å². The van der Waals surface area contributed by atoms with Gasteiger partial charge >= 0.3 is 0 Å². The van der Waals surface area contributed by atoms with Gasteiger partial charge in [0.05, 0.1) is 4.90 Å². The molecule has 1 atom stereocenters. The number of carbonyl (C=O) groups is 2. The van der Waals surface area contributed by atoms with Crippen LogP contribution in [0.5, 0.6) is 0 Å². The molecular weight excluding hydrogens is 640 g/mol. The number of rotatable bonds is 11. The number of pyridine rings is 1. The molecule has 3 aromatic rings. The summed E-state index contributed by atoms with van der Waals surface area (Å²) in [7, 11) is -2.40. The second-order valence-corrected chi connectivity index (χ2v) is 13.5. The monoisotopic (exact) mass is 675 g/mol. The molecule has 2 fully saturated rings. The normalized spacial score (nSPS) is 17.8. The topological polar surface area (TPSA) is 141 Å². The first-order chi connectivity index (χ1) is 21.9. The summed E-state index contributed by atoms with van der Waals surface area (Å²) in [5.74, 6) is -3.65. The van der Waals surface area contributed by atoms with E-state index in [2.05, 4.69) is 15.6 Å². The number of nitrogens with two attached hydrogens (primary N) is 1. The van der Waals surface area contributed by atoms with Crippen LogP contribution in [0.2, 0.25) is 5.15 Å². The van der Waals surface area contributed by atoms with E-state index in [1.54, 1.807) is 21.9 Å².